The minimum Gasteiger partial charge on any atom is -0.507 e. The Labute approximate surface area is 131 Å². The highest BCUT2D eigenvalue weighted by atomic mass is 16.3. The first-order chi connectivity index (χ1) is 10.6. The topological polar surface area (TPSA) is 83.6 Å². The number of hydrogen-bond acceptors (Lipinski definition) is 3. The Hall–Kier alpha value is -2.43. The second-order valence-electron chi connectivity index (χ2n) is 4.82. The Balaban J connectivity index is 2.30. The summed E-state index contributed by atoms with van der Waals surface area (Å²) in [5.74, 6) is 10.8. The zero-order chi connectivity index (χ0) is 16.2. The third-order valence-corrected chi connectivity index (χ3v) is 3.05. The first-order valence-corrected chi connectivity index (χ1v) is 7.33. The first-order valence-electron chi connectivity index (χ1n) is 7.33. The summed E-state index contributed by atoms with van der Waals surface area (Å²) in [6.45, 7) is -0.0652. The van der Waals surface area contributed by atoms with Crippen LogP contribution in [0.1, 0.15) is 54.4 Å². The van der Waals surface area contributed by atoms with Crippen molar-refractivity contribution < 1.29 is 15.0 Å². The average Bonchev–Trinajstić information content (AvgIpc) is 2.50. The number of benzene rings is 1. The molecule has 0 saturated heterocycles. The minimum absolute atomic E-state index is 0.0652. The van der Waals surface area contributed by atoms with Gasteiger partial charge in [0.2, 0.25) is 0 Å². The van der Waals surface area contributed by atoms with Gasteiger partial charge in [0.15, 0.2) is 0 Å². The van der Waals surface area contributed by atoms with Crippen molar-refractivity contribution in [3.63, 3.8) is 0 Å². The first kappa shape index (κ1) is 17.6. The number of hydrogen-bond donors (Lipinski definition) is 3. The van der Waals surface area contributed by atoms with Gasteiger partial charge in [-0.15, -0.1) is 5.92 Å². The number of amides is 1. The largest absolute Gasteiger partial charge is 0.507 e. The number of aliphatic hydroxyl groups excluding tert-OH is 1. The molecule has 4 heteroatoms. The predicted molar refractivity (Wildman–Crippen MR) is 86.1 cm³/mol. The Morgan fingerprint density at radius 2 is 1.73 bits per heavy atom. The van der Waals surface area contributed by atoms with Gasteiger partial charge in [-0.05, 0) is 31.0 Å². The molecule has 116 valence electrons. The van der Waals surface area contributed by atoms with E-state index >= 15 is 0 Å². The third-order valence-electron chi connectivity index (χ3n) is 3.05. The van der Waals surface area contributed by atoms with Crippen LogP contribution in [0.5, 0.6) is 5.75 Å². The molecule has 1 aromatic carbocycles. The Bertz CT molecular complexity index is 615. The summed E-state index contributed by atoms with van der Waals surface area (Å²) >= 11 is 0. The minimum atomic E-state index is -0.662. The number of carbonyl (C=O) groups is 1. The van der Waals surface area contributed by atoms with Crippen molar-refractivity contribution in [1.82, 2.24) is 0 Å². The second kappa shape index (κ2) is 10.3. The molecule has 0 radical (unpaired) electrons. The quantitative estimate of drug-likeness (QED) is 0.556. The Morgan fingerprint density at radius 1 is 1.05 bits per heavy atom. The normalized spacial score (nSPS) is 9.32. The lowest BCUT2D eigenvalue weighted by atomic mass is 10.1. The van der Waals surface area contributed by atoms with E-state index in [1.807, 2.05) is 0 Å². The van der Waals surface area contributed by atoms with Gasteiger partial charge in [-0.1, -0.05) is 30.6 Å². The SMILES string of the molecule is NC(=O)c1cc(C#CCCCCCCC#CCO)ccc1O. The number of nitrogens with two attached hydrogens (primary N) is 1. The lowest BCUT2D eigenvalue weighted by Gasteiger charge is -2.00. The lowest BCUT2D eigenvalue weighted by molar-refractivity contribution is 0.0997. The number of carbonyl (C=O) groups excluding carboxylic acids is 1. The van der Waals surface area contributed by atoms with Crippen molar-refractivity contribution in [1.29, 1.82) is 0 Å². The highest BCUT2D eigenvalue weighted by Crippen LogP contribution is 2.17. The molecule has 0 spiro atoms. The average molecular weight is 299 g/mol. The summed E-state index contributed by atoms with van der Waals surface area (Å²) < 4.78 is 0. The molecule has 0 aromatic heterocycles. The summed E-state index contributed by atoms with van der Waals surface area (Å²) in [4.78, 5) is 11.1. The second-order valence-corrected chi connectivity index (χ2v) is 4.82. The lowest BCUT2D eigenvalue weighted by Crippen LogP contribution is -2.11. The fourth-order valence-corrected chi connectivity index (χ4v) is 1.90. The highest BCUT2D eigenvalue weighted by Gasteiger charge is 2.06. The Morgan fingerprint density at radius 3 is 2.36 bits per heavy atom. The van der Waals surface area contributed by atoms with Crippen molar-refractivity contribution in [3.8, 4) is 29.4 Å². The van der Waals surface area contributed by atoms with Crippen molar-refractivity contribution in [2.24, 2.45) is 5.73 Å². The van der Waals surface area contributed by atoms with Crippen LogP contribution >= 0.6 is 0 Å². The molecule has 4 N–H and O–H groups in total. The van der Waals surface area contributed by atoms with Gasteiger partial charge in [0.05, 0.1) is 5.56 Å². The summed E-state index contributed by atoms with van der Waals surface area (Å²) in [5, 5.41) is 18.0. The molecule has 0 bridgehead atoms. The van der Waals surface area contributed by atoms with E-state index in [1.54, 1.807) is 6.07 Å². The number of rotatable bonds is 6. The van der Waals surface area contributed by atoms with Crippen molar-refractivity contribution >= 4 is 5.91 Å². The van der Waals surface area contributed by atoms with Crippen LogP contribution in [0.2, 0.25) is 0 Å². The molecule has 0 aliphatic heterocycles. The van der Waals surface area contributed by atoms with Crippen molar-refractivity contribution in [2.75, 3.05) is 6.61 Å². The van der Waals surface area contributed by atoms with Crippen LogP contribution < -0.4 is 5.73 Å². The van der Waals surface area contributed by atoms with Gasteiger partial charge in [0.1, 0.15) is 12.4 Å². The number of aliphatic hydroxyl groups is 1. The van der Waals surface area contributed by atoms with Gasteiger partial charge in [0, 0.05) is 18.4 Å². The molecule has 0 unspecified atom stereocenters. The molecule has 0 saturated carbocycles. The number of primary amides is 1. The fourth-order valence-electron chi connectivity index (χ4n) is 1.90. The summed E-state index contributed by atoms with van der Waals surface area (Å²) in [5.41, 5.74) is 5.93. The zero-order valence-corrected chi connectivity index (χ0v) is 12.6. The molecule has 1 amide bonds. The van der Waals surface area contributed by atoms with Gasteiger partial charge < -0.3 is 15.9 Å². The molecule has 22 heavy (non-hydrogen) atoms. The molecular weight excluding hydrogens is 278 g/mol. The predicted octanol–water partition coefficient (Wildman–Crippen LogP) is 2.18. The molecule has 0 heterocycles. The van der Waals surface area contributed by atoms with Gasteiger partial charge in [-0.3, -0.25) is 4.79 Å². The highest BCUT2D eigenvalue weighted by molar-refractivity contribution is 5.95. The van der Waals surface area contributed by atoms with Crippen LogP contribution in [0.4, 0.5) is 0 Å². The van der Waals surface area contributed by atoms with E-state index in [9.17, 15) is 9.90 Å². The Kier molecular flexibility index (Phi) is 8.27. The van der Waals surface area contributed by atoms with Crippen LogP contribution in [-0.4, -0.2) is 22.7 Å². The maximum absolute atomic E-state index is 11.1. The number of aromatic hydroxyl groups is 1. The van der Waals surface area contributed by atoms with Crippen molar-refractivity contribution in [2.45, 2.75) is 38.5 Å². The smallest absolute Gasteiger partial charge is 0.252 e. The van der Waals surface area contributed by atoms with Crippen LogP contribution in [0.25, 0.3) is 0 Å². The van der Waals surface area contributed by atoms with E-state index < -0.39 is 5.91 Å². The number of unbranched alkanes of at least 4 members (excludes halogenated alkanes) is 5. The van der Waals surface area contributed by atoms with Gasteiger partial charge in [0.25, 0.3) is 5.91 Å². The van der Waals surface area contributed by atoms with E-state index in [2.05, 4.69) is 23.7 Å². The van der Waals surface area contributed by atoms with Gasteiger partial charge in [-0.2, -0.15) is 0 Å². The summed E-state index contributed by atoms with van der Waals surface area (Å²) in [6, 6.07) is 4.59. The maximum Gasteiger partial charge on any atom is 0.252 e. The third kappa shape index (κ3) is 6.83. The van der Waals surface area contributed by atoms with Crippen LogP contribution in [0.15, 0.2) is 18.2 Å². The number of phenols is 1. The molecular formula is C18H21NO3. The van der Waals surface area contributed by atoms with Crippen LogP contribution in [0.3, 0.4) is 0 Å². The monoisotopic (exact) mass is 299 g/mol. The molecule has 0 atom stereocenters. The van der Waals surface area contributed by atoms with E-state index in [0.717, 1.165) is 38.5 Å². The maximum atomic E-state index is 11.1. The van der Waals surface area contributed by atoms with E-state index in [1.165, 1.54) is 12.1 Å². The summed E-state index contributed by atoms with van der Waals surface area (Å²) in [7, 11) is 0. The van der Waals surface area contributed by atoms with Crippen LogP contribution in [-0.2, 0) is 0 Å². The molecule has 1 aromatic rings. The van der Waals surface area contributed by atoms with E-state index in [4.69, 9.17) is 10.8 Å². The van der Waals surface area contributed by atoms with E-state index in [0.29, 0.717) is 5.56 Å². The fraction of sp³-hybridized carbons (Fsp3) is 0.389. The van der Waals surface area contributed by atoms with Crippen LogP contribution in [0, 0.1) is 23.7 Å². The molecule has 1 rings (SSSR count). The molecule has 0 aliphatic rings. The van der Waals surface area contributed by atoms with Gasteiger partial charge in [-0.25, -0.2) is 0 Å². The van der Waals surface area contributed by atoms with E-state index in [-0.39, 0.29) is 17.9 Å². The van der Waals surface area contributed by atoms with Crippen molar-refractivity contribution in [3.05, 3.63) is 29.3 Å². The summed E-state index contributed by atoms with van der Waals surface area (Å²) in [6.07, 6.45) is 5.87. The molecule has 0 fully saturated rings. The van der Waals surface area contributed by atoms with Gasteiger partial charge >= 0.3 is 0 Å². The molecule has 4 nitrogen and oxygen atoms in total. The molecule has 0 aliphatic carbocycles. The standard InChI is InChI=1S/C18H21NO3/c19-18(22)16-14-15(11-12-17(16)21)10-8-6-4-2-1-3-5-7-9-13-20/h11-12,14,20-21H,1-6,13H2,(H2,19,22). The zero-order valence-electron chi connectivity index (χ0n) is 12.6.